The average Bonchev–Trinajstić information content (AvgIpc) is 2.70. The Balaban J connectivity index is 1.90. The summed E-state index contributed by atoms with van der Waals surface area (Å²) in [5, 5.41) is 7.47. The molecule has 1 unspecified atom stereocenters. The van der Waals surface area contributed by atoms with E-state index in [9.17, 15) is 4.79 Å². The molecule has 1 aromatic heterocycles. The molecule has 1 aliphatic rings. The summed E-state index contributed by atoms with van der Waals surface area (Å²) in [5.74, 6) is 0.769. The first-order valence-corrected chi connectivity index (χ1v) is 5.37. The molecule has 1 fully saturated rings. The van der Waals surface area contributed by atoms with E-state index in [-0.39, 0.29) is 5.91 Å². The first-order chi connectivity index (χ1) is 7.25. The number of likely N-dealkylation sites (tertiary alicyclic amines) is 1. The van der Waals surface area contributed by atoms with Crippen molar-refractivity contribution in [1.29, 1.82) is 0 Å². The minimum absolute atomic E-state index is 0.145. The highest BCUT2D eigenvalue weighted by molar-refractivity contribution is 5.75. The zero-order chi connectivity index (χ0) is 10.7. The maximum Gasteiger partial charge on any atom is 0.244 e. The van der Waals surface area contributed by atoms with Crippen LogP contribution in [0.3, 0.4) is 0 Å². The highest BCUT2D eigenvalue weighted by Crippen LogP contribution is 2.15. The molecule has 2 heterocycles. The third-order valence-electron chi connectivity index (χ3n) is 2.78. The maximum absolute atomic E-state index is 11.8. The van der Waals surface area contributed by atoms with E-state index in [1.807, 2.05) is 4.90 Å². The summed E-state index contributed by atoms with van der Waals surface area (Å²) in [6, 6.07) is 0. The van der Waals surface area contributed by atoms with Crippen molar-refractivity contribution in [2.24, 2.45) is 5.92 Å². The third-order valence-corrected chi connectivity index (χ3v) is 2.78. The minimum atomic E-state index is 0.145. The van der Waals surface area contributed by atoms with Gasteiger partial charge in [-0.05, 0) is 18.8 Å². The number of carbonyl (C=O) groups is 1. The van der Waals surface area contributed by atoms with Crippen LogP contribution in [0, 0.1) is 5.92 Å². The molecule has 5 nitrogen and oxygen atoms in total. The molecule has 1 atom stereocenters. The Morgan fingerprint density at radius 3 is 3.13 bits per heavy atom. The second kappa shape index (κ2) is 4.42. The van der Waals surface area contributed by atoms with Crippen molar-refractivity contribution >= 4 is 5.91 Å². The largest absolute Gasteiger partial charge is 0.341 e. The molecule has 2 rings (SSSR count). The smallest absolute Gasteiger partial charge is 0.244 e. The first-order valence-electron chi connectivity index (χ1n) is 5.37. The summed E-state index contributed by atoms with van der Waals surface area (Å²) < 4.78 is 1.57. The monoisotopic (exact) mass is 208 g/mol. The fourth-order valence-electron chi connectivity index (χ4n) is 1.97. The number of carbonyl (C=O) groups excluding carboxylic acids is 1. The first kappa shape index (κ1) is 10.1. The number of hydrogen-bond acceptors (Lipinski definition) is 3. The Hall–Kier alpha value is -1.39. The fraction of sp³-hybridized carbons (Fsp3) is 0.700. The Morgan fingerprint density at radius 1 is 1.60 bits per heavy atom. The average molecular weight is 208 g/mol. The van der Waals surface area contributed by atoms with Crippen molar-refractivity contribution in [1.82, 2.24) is 19.9 Å². The van der Waals surface area contributed by atoms with Gasteiger partial charge in [-0.3, -0.25) is 4.79 Å². The van der Waals surface area contributed by atoms with Crippen LogP contribution in [0.2, 0.25) is 0 Å². The van der Waals surface area contributed by atoms with Crippen molar-refractivity contribution in [2.75, 3.05) is 13.1 Å². The van der Waals surface area contributed by atoms with Crippen LogP contribution in [-0.2, 0) is 11.3 Å². The number of aromatic nitrogens is 3. The minimum Gasteiger partial charge on any atom is -0.341 e. The van der Waals surface area contributed by atoms with E-state index >= 15 is 0 Å². The molecule has 0 bridgehead atoms. The molecule has 0 aliphatic carbocycles. The number of nitrogens with zero attached hydrogens (tertiary/aromatic N) is 4. The van der Waals surface area contributed by atoms with Gasteiger partial charge in [0.2, 0.25) is 5.91 Å². The zero-order valence-corrected chi connectivity index (χ0v) is 8.96. The summed E-state index contributed by atoms with van der Waals surface area (Å²) in [6.45, 7) is 4.27. The van der Waals surface area contributed by atoms with Crippen LogP contribution in [0.25, 0.3) is 0 Å². The van der Waals surface area contributed by atoms with Crippen molar-refractivity contribution < 1.29 is 4.79 Å². The number of piperidine rings is 1. The molecule has 0 radical (unpaired) electrons. The maximum atomic E-state index is 11.8. The molecule has 82 valence electrons. The van der Waals surface area contributed by atoms with Gasteiger partial charge in [-0.2, -0.15) is 0 Å². The van der Waals surface area contributed by atoms with Crippen LogP contribution in [0.1, 0.15) is 19.8 Å². The number of amides is 1. The summed E-state index contributed by atoms with van der Waals surface area (Å²) in [4.78, 5) is 13.8. The lowest BCUT2D eigenvalue weighted by atomic mass is 10.0. The van der Waals surface area contributed by atoms with E-state index in [1.165, 1.54) is 6.42 Å². The topological polar surface area (TPSA) is 51.0 Å². The number of rotatable bonds is 2. The van der Waals surface area contributed by atoms with Crippen molar-refractivity contribution in [2.45, 2.75) is 26.3 Å². The zero-order valence-electron chi connectivity index (χ0n) is 8.96. The van der Waals surface area contributed by atoms with Crippen molar-refractivity contribution in [3.63, 3.8) is 0 Å². The molecule has 15 heavy (non-hydrogen) atoms. The van der Waals surface area contributed by atoms with Crippen LogP contribution < -0.4 is 0 Å². The van der Waals surface area contributed by atoms with Crippen LogP contribution >= 0.6 is 0 Å². The highest BCUT2D eigenvalue weighted by Gasteiger charge is 2.20. The SMILES string of the molecule is CC1CCCN(C(=O)Cn2ccnn2)C1. The predicted octanol–water partition coefficient (Wildman–Crippen LogP) is 0.537. The lowest BCUT2D eigenvalue weighted by Crippen LogP contribution is -2.40. The van der Waals surface area contributed by atoms with E-state index in [1.54, 1.807) is 17.1 Å². The molecule has 1 aromatic rings. The predicted molar refractivity (Wildman–Crippen MR) is 55.0 cm³/mol. The summed E-state index contributed by atoms with van der Waals surface area (Å²) >= 11 is 0. The van der Waals surface area contributed by atoms with Crippen molar-refractivity contribution in [3.05, 3.63) is 12.4 Å². The molecule has 1 aliphatic heterocycles. The summed E-state index contributed by atoms with van der Waals surface area (Å²) in [6.07, 6.45) is 5.65. The van der Waals surface area contributed by atoms with Crippen molar-refractivity contribution in [3.8, 4) is 0 Å². The standard InChI is InChI=1S/C10H16N4O/c1-9-3-2-5-13(7-9)10(15)8-14-6-4-11-12-14/h4,6,9H,2-3,5,7-8H2,1H3. The van der Waals surface area contributed by atoms with Crippen LogP contribution in [0.4, 0.5) is 0 Å². The van der Waals surface area contributed by atoms with Gasteiger partial charge in [0.15, 0.2) is 0 Å². The van der Waals surface area contributed by atoms with E-state index in [0.717, 1.165) is 19.5 Å². The summed E-state index contributed by atoms with van der Waals surface area (Å²) in [5.41, 5.74) is 0. The van der Waals surface area contributed by atoms with Gasteiger partial charge < -0.3 is 4.90 Å². The fourth-order valence-corrected chi connectivity index (χ4v) is 1.97. The van der Waals surface area contributed by atoms with Crippen LogP contribution in [-0.4, -0.2) is 38.9 Å². The van der Waals surface area contributed by atoms with Gasteiger partial charge in [-0.15, -0.1) is 5.10 Å². The highest BCUT2D eigenvalue weighted by atomic mass is 16.2. The molecule has 5 heteroatoms. The molecule has 0 saturated carbocycles. The molecular formula is C10H16N4O. The van der Waals surface area contributed by atoms with Gasteiger partial charge in [0, 0.05) is 19.3 Å². The Bertz CT molecular complexity index is 322. The van der Waals surface area contributed by atoms with Crippen LogP contribution in [0.5, 0.6) is 0 Å². The Labute approximate surface area is 89.1 Å². The van der Waals surface area contributed by atoms with Gasteiger partial charge in [0.25, 0.3) is 0 Å². The van der Waals surface area contributed by atoms with Gasteiger partial charge in [0.05, 0.1) is 6.20 Å². The lowest BCUT2D eigenvalue weighted by molar-refractivity contribution is -0.133. The van der Waals surface area contributed by atoms with Gasteiger partial charge in [0.1, 0.15) is 6.54 Å². The van der Waals surface area contributed by atoms with E-state index in [2.05, 4.69) is 17.2 Å². The number of hydrogen-bond donors (Lipinski definition) is 0. The molecular weight excluding hydrogens is 192 g/mol. The van der Waals surface area contributed by atoms with E-state index in [0.29, 0.717) is 12.5 Å². The van der Waals surface area contributed by atoms with Gasteiger partial charge >= 0.3 is 0 Å². The van der Waals surface area contributed by atoms with Crippen LogP contribution in [0.15, 0.2) is 12.4 Å². The van der Waals surface area contributed by atoms with Gasteiger partial charge in [-0.1, -0.05) is 12.1 Å². The Morgan fingerprint density at radius 2 is 2.47 bits per heavy atom. The Kier molecular flexibility index (Phi) is 2.99. The summed E-state index contributed by atoms with van der Waals surface area (Å²) in [7, 11) is 0. The molecule has 0 spiro atoms. The quantitative estimate of drug-likeness (QED) is 0.712. The normalized spacial score (nSPS) is 21.7. The van der Waals surface area contributed by atoms with E-state index in [4.69, 9.17) is 0 Å². The molecule has 0 aromatic carbocycles. The van der Waals surface area contributed by atoms with E-state index < -0.39 is 0 Å². The molecule has 1 amide bonds. The second-order valence-electron chi connectivity index (χ2n) is 4.19. The molecule has 1 saturated heterocycles. The lowest BCUT2D eigenvalue weighted by Gasteiger charge is -2.30. The van der Waals surface area contributed by atoms with Gasteiger partial charge in [-0.25, -0.2) is 4.68 Å². The third kappa shape index (κ3) is 2.55. The second-order valence-corrected chi connectivity index (χ2v) is 4.19. The molecule has 0 N–H and O–H groups in total.